The standard InChI is InChI=1S/C18H30N2O/c1-4-6-7-15(5-2)9-8-14(3)20-18(21)16-10-12-17(19)13-11-16/h5,8-9,16-17H,3-4,6-7,10-13,19H2,1-2H3,(H,20,21)/b9-8-,15-5-. The topological polar surface area (TPSA) is 55.1 Å². The minimum atomic E-state index is 0.0899. The maximum atomic E-state index is 12.1. The Morgan fingerprint density at radius 1 is 1.29 bits per heavy atom. The summed E-state index contributed by atoms with van der Waals surface area (Å²) in [6, 6.07) is 0.271. The molecule has 3 heteroatoms. The SMILES string of the molecule is C=C(/C=C\C(=C/C)CCCC)NC(=O)C1CCC(N)CC1. The minimum absolute atomic E-state index is 0.0899. The average molecular weight is 290 g/mol. The maximum absolute atomic E-state index is 12.1. The second-order valence-electron chi connectivity index (χ2n) is 5.93. The molecule has 1 aliphatic carbocycles. The van der Waals surface area contributed by atoms with E-state index in [2.05, 4.69) is 31.0 Å². The van der Waals surface area contributed by atoms with Crippen LogP contribution in [0.5, 0.6) is 0 Å². The lowest BCUT2D eigenvalue weighted by atomic mass is 9.86. The molecule has 3 N–H and O–H groups in total. The highest BCUT2D eigenvalue weighted by Gasteiger charge is 2.24. The van der Waals surface area contributed by atoms with Crippen LogP contribution in [0.4, 0.5) is 0 Å². The molecule has 1 fully saturated rings. The van der Waals surface area contributed by atoms with Crippen molar-refractivity contribution >= 4 is 5.91 Å². The van der Waals surface area contributed by atoms with E-state index in [9.17, 15) is 4.79 Å². The lowest BCUT2D eigenvalue weighted by molar-refractivity contribution is -0.125. The van der Waals surface area contributed by atoms with E-state index in [4.69, 9.17) is 5.73 Å². The molecule has 0 spiro atoms. The number of nitrogens with one attached hydrogen (secondary N) is 1. The Labute approximate surface area is 129 Å². The molecule has 1 rings (SSSR count). The Morgan fingerprint density at radius 3 is 2.52 bits per heavy atom. The summed E-state index contributed by atoms with van der Waals surface area (Å²) in [5, 5.41) is 2.91. The highest BCUT2D eigenvalue weighted by atomic mass is 16.1. The largest absolute Gasteiger partial charge is 0.328 e. The van der Waals surface area contributed by atoms with Gasteiger partial charge in [-0.05, 0) is 51.5 Å². The fraction of sp³-hybridized carbons (Fsp3) is 0.611. The third-order valence-corrected chi connectivity index (χ3v) is 4.11. The summed E-state index contributed by atoms with van der Waals surface area (Å²) >= 11 is 0. The molecule has 1 amide bonds. The zero-order valence-corrected chi connectivity index (χ0v) is 13.5. The van der Waals surface area contributed by atoms with Crippen LogP contribution in [-0.2, 0) is 4.79 Å². The zero-order chi connectivity index (χ0) is 15.7. The maximum Gasteiger partial charge on any atom is 0.227 e. The summed E-state index contributed by atoms with van der Waals surface area (Å²) in [6.07, 6.45) is 13.2. The number of hydrogen-bond donors (Lipinski definition) is 2. The zero-order valence-electron chi connectivity index (χ0n) is 13.5. The van der Waals surface area contributed by atoms with E-state index in [1.54, 1.807) is 0 Å². The summed E-state index contributed by atoms with van der Waals surface area (Å²) in [7, 11) is 0. The lowest BCUT2D eigenvalue weighted by Crippen LogP contribution is -2.35. The highest BCUT2D eigenvalue weighted by Crippen LogP contribution is 2.23. The highest BCUT2D eigenvalue weighted by molar-refractivity contribution is 5.80. The van der Waals surface area contributed by atoms with E-state index in [-0.39, 0.29) is 17.9 Å². The molecule has 0 bridgehead atoms. The van der Waals surface area contributed by atoms with Crippen molar-refractivity contribution in [1.82, 2.24) is 5.32 Å². The van der Waals surface area contributed by atoms with E-state index < -0.39 is 0 Å². The molecule has 0 aromatic carbocycles. The van der Waals surface area contributed by atoms with Crippen molar-refractivity contribution in [3.63, 3.8) is 0 Å². The Kier molecular flexibility index (Phi) is 8.06. The van der Waals surface area contributed by atoms with Gasteiger partial charge in [0.15, 0.2) is 0 Å². The quantitative estimate of drug-likeness (QED) is 0.700. The first kappa shape index (κ1) is 17.7. The van der Waals surface area contributed by atoms with Crippen LogP contribution in [0, 0.1) is 5.92 Å². The molecule has 1 aliphatic rings. The van der Waals surface area contributed by atoms with Crippen LogP contribution in [0.2, 0.25) is 0 Å². The number of rotatable bonds is 7. The Hall–Kier alpha value is -1.35. The van der Waals surface area contributed by atoms with Crippen molar-refractivity contribution in [2.45, 2.75) is 64.8 Å². The van der Waals surface area contributed by atoms with Crippen LogP contribution in [-0.4, -0.2) is 11.9 Å². The van der Waals surface area contributed by atoms with Crippen LogP contribution < -0.4 is 11.1 Å². The number of amides is 1. The van der Waals surface area contributed by atoms with Gasteiger partial charge >= 0.3 is 0 Å². The van der Waals surface area contributed by atoms with Crippen LogP contribution >= 0.6 is 0 Å². The van der Waals surface area contributed by atoms with E-state index >= 15 is 0 Å². The summed E-state index contributed by atoms with van der Waals surface area (Å²) in [4.78, 5) is 12.1. The van der Waals surface area contributed by atoms with E-state index in [0.717, 1.165) is 32.1 Å². The summed E-state index contributed by atoms with van der Waals surface area (Å²) < 4.78 is 0. The Morgan fingerprint density at radius 2 is 1.95 bits per heavy atom. The van der Waals surface area contributed by atoms with Gasteiger partial charge < -0.3 is 11.1 Å². The summed E-state index contributed by atoms with van der Waals surface area (Å²) in [6.45, 7) is 8.15. The number of carbonyl (C=O) groups is 1. The molecule has 0 saturated heterocycles. The number of unbranched alkanes of at least 4 members (excludes halogenated alkanes) is 1. The molecule has 0 radical (unpaired) electrons. The summed E-state index contributed by atoms with van der Waals surface area (Å²) in [5.74, 6) is 0.184. The van der Waals surface area contributed by atoms with E-state index in [1.807, 2.05) is 13.0 Å². The van der Waals surface area contributed by atoms with Gasteiger partial charge in [-0.3, -0.25) is 4.79 Å². The lowest BCUT2D eigenvalue weighted by Gasteiger charge is -2.25. The molecule has 3 nitrogen and oxygen atoms in total. The molecule has 0 aromatic rings. The number of nitrogens with two attached hydrogens (primary N) is 1. The van der Waals surface area contributed by atoms with Crippen molar-refractivity contribution in [3.05, 3.63) is 36.1 Å². The van der Waals surface area contributed by atoms with Gasteiger partial charge in [0.2, 0.25) is 5.91 Å². The van der Waals surface area contributed by atoms with Gasteiger partial charge in [0.1, 0.15) is 0 Å². The van der Waals surface area contributed by atoms with Gasteiger partial charge in [-0.1, -0.05) is 37.6 Å². The van der Waals surface area contributed by atoms with Gasteiger partial charge in [-0.15, -0.1) is 0 Å². The van der Waals surface area contributed by atoms with Gasteiger partial charge in [-0.2, -0.15) is 0 Å². The van der Waals surface area contributed by atoms with Crippen molar-refractivity contribution < 1.29 is 4.79 Å². The third kappa shape index (κ3) is 6.76. The van der Waals surface area contributed by atoms with Crippen LogP contribution in [0.25, 0.3) is 0 Å². The van der Waals surface area contributed by atoms with Crippen LogP contribution in [0.15, 0.2) is 36.1 Å². The molecule has 0 unspecified atom stereocenters. The van der Waals surface area contributed by atoms with Gasteiger partial charge in [0.05, 0.1) is 0 Å². The molecule has 21 heavy (non-hydrogen) atoms. The second-order valence-corrected chi connectivity index (χ2v) is 5.93. The molecule has 0 heterocycles. The predicted octanol–water partition coefficient (Wildman–Crippen LogP) is 3.83. The third-order valence-electron chi connectivity index (χ3n) is 4.11. The molecule has 0 aromatic heterocycles. The molecule has 118 valence electrons. The first-order chi connectivity index (χ1) is 10.1. The number of hydrogen-bond acceptors (Lipinski definition) is 2. The summed E-state index contributed by atoms with van der Waals surface area (Å²) in [5.41, 5.74) is 7.83. The molecular formula is C18H30N2O. The number of carbonyl (C=O) groups excluding carboxylic acids is 1. The Balaban J connectivity index is 2.40. The van der Waals surface area contributed by atoms with E-state index in [1.165, 1.54) is 18.4 Å². The van der Waals surface area contributed by atoms with Crippen LogP contribution in [0.1, 0.15) is 58.8 Å². The first-order valence-electron chi connectivity index (χ1n) is 8.15. The molecule has 0 aliphatic heterocycles. The fourth-order valence-corrected chi connectivity index (χ4v) is 2.60. The van der Waals surface area contributed by atoms with Crippen molar-refractivity contribution in [2.24, 2.45) is 11.7 Å². The monoisotopic (exact) mass is 290 g/mol. The van der Waals surface area contributed by atoms with Gasteiger partial charge in [-0.25, -0.2) is 0 Å². The average Bonchev–Trinajstić information content (AvgIpc) is 2.48. The van der Waals surface area contributed by atoms with Gasteiger partial charge in [0.25, 0.3) is 0 Å². The van der Waals surface area contributed by atoms with Crippen LogP contribution in [0.3, 0.4) is 0 Å². The molecule has 1 saturated carbocycles. The van der Waals surface area contributed by atoms with E-state index in [0.29, 0.717) is 5.70 Å². The molecule has 0 atom stereocenters. The first-order valence-corrected chi connectivity index (χ1v) is 8.15. The number of allylic oxidation sites excluding steroid dienone is 4. The molecular weight excluding hydrogens is 260 g/mol. The fourth-order valence-electron chi connectivity index (χ4n) is 2.60. The van der Waals surface area contributed by atoms with Crippen molar-refractivity contribution in [3.8, 4) is 0 Å². The smallest absolute Gasteiger partial charge is 0.227 e. The van der Waals surface area contributed by atoms with Crippen molar-refractivity contribution in [1.29, 1.82) is 0 Å². The van der Waals surface area contributed by atoms with Gasteiger partial charge in [0, 0.05) is 17.7 Å². The normalized spacial score (nSPS) is 23.3. The second kappa shape index (κ2) is 9.56. The minimum Gasteiger partial charge on any atom is -0.328 e. The predicted molar refractivity (Wildman–Crippen MR) is 89.6 cm³/mol. The van der Waals surface area contributed by atoms with Crippen molar-refractivity contribution in [2.75, 3.05) is 0 Å². The Bertz CT molecular complexity index is 401.